The zero-order valence-electron chi connectivity index (χ0n) is 19.1. The number of halogens is 1. The largest absolute Gasteiger partial charge is 0.357 e. The summed E-state index contributed by atoms with van der Waals surface area (Å²) in [5, 5.41) is 19.8. The van der Waals surface area contributed by atoms with Gasteiger partial charge >= 0.3 is 0 Å². The maximum atomic E-state index is 14.8. The van der Waals surface area contributed by atoms with Gasteiger partial charge in [-0.1, -0.05) is 35.9 Å². The van der Waals surface area contributed by atoms with Crippen molar-refractivity contribution in [2.75, 3.05) is 18.0 Å². The van der Waals surface area contributed by atoms with E-state index in [1.165, 1.54) is 17.1 Å². The van der Waals surface area contributed by atoms with E-state index in [4.69, 9.17) is 0 Å². The van der Waals surface area contributed by atoms with Gasteiger partial charge in [-0.25, -0.2) is 14.1 Å². The molecule has 2 saturated heterocycles. The summed E-state index contributed by atoms with van der Waals surface area (Å²) < 4.78 is 17.8. The van der Waals surface area contributed by atoms with Crippen LogP contribution in [0.5, 0.6) is 0 Å². The Bertz CT molecular complexity index is 1650. The monoisotopic (exact) mass is 515 g/mol. The van der Waals surface area contributed by atoms with E-state index >= 15 is 0 Å². The summed E-state index contributed by atoms with van der Waals surface area (Å²) in [6, 6.07) is 9.31. The minimum atomic E-state index is -0.783. The van der Waals surface area contributed by atoms with Gasteiger partial charge in [-0.15, -0.1) is 5.10 Å². The molecule has 2 aliphatic rings. The van der Waals surface area contributed by atoms with E-state index < -0.39 is 17.5 Å². The fraction of sp³-hybridized carbons (Fsp3) is 0.250. The molecule has 14 heteroatoms. The molecular formula is C24H22FN11O2. The van der Waals surface area contributed by atoms with Crippen LogP contribution < -0.4 is 4.90 Å². The lowest BCUT2D eigenvalue weighted by atomic mass is 10.1. The highest BCUT2D eigenvalue weighted by Gasteiger charge is 2.48. The van der Waals surface area contributed by atoms with Crippen LogP contribution in [0.1, 0.15) is 24.2 Å². The van der Waals surface area contributed by atoms with Crippen molar-refractivity contribution in [2.24, 2.45) is 0 Å². The predicted octanol–water partition coefficient (Wildman–Crippen LogP) is 1.57. The molecule has 7 rings (SSSR count). The van der Waals surface area contributed by atoms with Gasteiger partial charge in [-0.05, 0) is 29.0 Å². The summed E-state index contributed by atoms with van der Waals surface area (Å²) in [4.78, 5) is 37.2. The second kappa shape index (κ2) is 8.83. The Hall–Kier alpha value is -5.01. The van der Waals surface area contributed by atoms with Crippen molar-refractivity contribution in [2.45, 2.75) is 25.9 Å². The van der Waals surface area contributed by atoms with Crippen LogP contribution in [0.2, 0.25) is 0 Å². The highest BCUT2D eigenvalue weighted by Crippen LogP contribution is 2.35. The molecule has 38 heavy (non-hydrogen) atoms. The van der Waals surface area contributed by atoms with Gasteiger partial charge in [-0.3, -0.25) is 9.59 Å². The van der Waals surface area contributed by atoms with Crippen LogP contribution in [0.3, 0.4) is 0 Å². The lowest BCUT2D eigenvalue weighted by Crippen LogP contribution is -2.51. The molecule has 1 aromatic carbocycles. The second-order valence-corrected chi connectivity index (χ2v) is 8.94. The van der Waals surface area contributed by atoms with Crippen molar-refractivity contribution in [3.63, 3.8) is 0 Å². The molecular weight excluding hydrogens is 493 g/mol. The average molecular weight is 516 g/mol. The molecule has 5 aromatic rings. The number of likely N-dealkylation sites (tertiary alicyclic amines) is 1. The number of rotatable bonds is 5. The highest BCUT2D eigenvalue weighted by atomic mass is 19.1. The Labute approximate surface area is 214 Å². The van der Waals surface area contributed by atoms with Gasteiger partial charge < -0.3 is 14.8 Å². The third-order valence-corrected chi connectivity index (χ3v) is 6.93. The van der Waals surface area contributed by atoms with Crippen molar-refractivity contribution in [3.8, 4) is 11.5 Å². The minimum Gasteiger partial charge on any atom is -0.357 e. The van der Waals surface area contributed by atoms with Gasteiger partial charge in [0.25, 0.3) is 17.6 Å². The standard InChI is InChI=1S/C23H18FN11O2.CH4/c24-17-10-26-21(34-7-6-27-30-34)19-18(17)16(9-25-19)20(36)22(37)32-11-15-8-14(32)12-33(15)23-28-29-31-35(23)13-4-2-1-3-5-13;/h1-7,9-10,14-15,25H,8,11-12H2;1H4/t14-,15-;/m1./s1. The van der Waals surface area contributed by atoms with E-state index in [0.717, 1.165) is 11.9 Å². The van der Waals surface area contributed by atoms with E-state index in [2.05, 4.69) is 40.7 Å². The van der Waals surface area contributed by atoms with Crippen molar-refractivity contribution < 1.29 is 14.0 Å². The van der Waals surface area contributed by atoms with Crippen molar-refractivity contribution in [1.29, 1.82) is 0 Å². The third kappa shape index (κ3) is 3.44. The van der Waals surface area contributed by atoms with E-state index in [9.17, 15) is 14.0 Å². The van der Waals surface area contributed by atoms with Gasteiger partial charge in [0.05, 0.1) is 52.8 Å². The summed E-state index contributed by atoms with van der Waals surface area (Å²) in [7, 11) is 0. The quantitative estimate of drug-likeness (QED) is 0.272. The molecule has 2 aliphatic heterocycles. The number of fused-ring (bicyclic) bond motifs is 3. The number of anilines is 1. The third-order valence-electron chi connectivity index (χ3n) is 6.93. The van der Waals surface area contributed by atoms with Crippen molar-refractivity contribution in [1.82, 2.24) is 50.1 Å². The molecule has 1 amide bonds. The minimum absolute atomic E-state index is 0. The zero-order valence-corrected chi connectivity index (χ0v) is 19.1. The number of piperazine rings is 1. The van der Waals surface area contributed by atoms with Crippen LogP contribution in [-0.4, -0.2) is 86.9 Å². The first kappa shape index (κ1) is 23.4. The Morgan fingerprint density at radius 1 is 1.08 bits per heavy atom. The van der Waals surface area contributed by atoms with Gasteiger partial charge in [0, 0.05) is 19.3 Å². The second-order valence-electron chi connectivity index (χ2n) is 8.94. The number of para-hydroxylation sites is 1. The molecule has 0 spiro atoms. The van der Waals surface area contributed by atoms with Crippen LogP contribution >= 0.6 is 0 Å². The molecule has 0 unspecified atom stereocenters. The number of pyridine rings is 1. The van der Waals surface area contributed by atoms with E-state index in [1.54, 1.807) is 15.8 Å². The summed E-state index contributed by atoms with van der Waals surface area (Å²) >= 11 is 0. The molecule has 4 aromatic heterocycles. The molecule has 2 bridgehead atoms. The fourth-order valence-corrected chi connectivity index (χ4v) is 5.27. The van der Waals surface area contributed by atoms with E-state index in [0.29, 0.717) is 25.5 Å². The fourth-order valence-electron chi connectivity index (χ4n) is 5.27. The molecule has 1 N–H and O–H groups in total. The summed E-state index contributed by atoms with van der Waals surface area (Å²) in [5.74, 6) is -1.31. The lowest BCUT2D eigenvalue weighted by molar-refractivity contribution is -0.127. The number of amides is 1. The predicted molar refractivity (Wildman–Crippen MR) is 132 cm³/mol. The first-order chi connectivity index (χ1) is 18.1. The van der Waals surface area contributed by atoms with Gasteiger partial charge in [-0.2, -0.15) is 4.68 Å². The van der Waals surface area contributed by atoms with E-state index in [1.807, 2.05) is 30.3 Å². The lowest BCUT2D eigenvalue weighted by Gasteiger charge is -2.33. The van der Waals surface area contributed by atoms with Crippen LogP contribution in [-0.2, 0) is 4.79 Å². The number of H-pyrrole nitrogens is 1. The molecule has 192 valence electrons. The zero-order chi connectivity index (χ0) is 25.1. The molecule has 2 atom stereocenters. The number of benzene rings is 1. The van der Waals surface area contributed by atoms with Crippen LogP contribution in [0.15, 0.2) is 55.1 Å². The van der Waals surface area contributed by atoms with Crippen LogP contribution in [0, 0.1) is 5.82 Å². The number of aromatic nitrogens is 9. The SMILES string of the molecule is C.O=C(C(=O)N1C[C@H]2C[C@@H]1CN2c1nnnn1-c1ccccc1)c1c[nH]c2c(-n3ccnn3)ncc(F)c12. The number of carbonyl (C=O) groups is 2. The number of carbonyl (C=O) groups excluding carboxylic acids is 2. The Morgan fingerprint density at radius 3 is 2.66 bits per heavy atom. The van der Waals surface area contributed by atoms with Gasteiger partial charge in [0.2, 0.25) is 0 Å². The number of hydrogen-bond acceptors (Lipinski definition) is 9. The number of nitrogens with one attached hydrogen (secondary N) is 1. The molecule has 0 radical (unpaired) electrons. The van der Waals surface area contributed by atoms with Crippen LogP contribution in [0.4, 0.5) is 10.3 Å². The summed E-state index contributed by atoms with van der Waals surface area (Å²) in [6.45, 7) is 0.826. The molecule has 0 saturated carbocycles. The Balaban J connectivity index is 0.00000264. The maximum absolute atomic E-state index is 14.8. The Kier molecular flexibility index (Phi) is 5.43. The number of tetrazole rings is 1. The summed E-state index contributed by atoms with van der Waals surface area (Å²) in [6.07, 6.45) is 6.03. The first-order valence-electron chi connectivity index (χ1n) is 11.6. The van der Waals surface area contributed by atoms with Crippen molar-refractivity contribution >= 4 is 28.5 Å². The van der Waals surface area contributed by atoms with Gasteiger partial charge in [0.15, 0.2) is 11.6 Å². The average Bonchev–Trinajstić information content (AvgIpc) is 3.76. The molecule has 0 aliphatic carbocycles. The number of Topliss-reactive ketones (excluding diaryl/α,β-unsaturated/α-hetero) is 1. The Morgan fingerprint density at radius 2 is 1.92 bits per heavy atom. The molecule has 6 heterocycles. The molecule has 2 fully saturated rings. The van der Waals surface area contributed by atoms with Gasteiger partial charge in [0.1, 0.15) is 0 Å². The number of ketones is 1. The topological polar surface area (TPSA) is 144 Å². The smallest absolute Gasteiger partial charge is 0.295 e. The van der Waals surface area contributed by atoms with E-state index in [-0.39, 0.29) is 41.8 Å². The van der Waals surface area contributed by atoms with Crippen LogP contribution in [0.25, 0.3) is 22.4 Å². The summed E-state index contributed by atoms with van der Waals surface area (Å²) in [5.41, 5.74) is 1.03. The number of hydrogen-bond donors (Lipinski definition) is 1. The number of nitrogens with zero attached hydrogens (tertiary/aromatic N) is 10. The van der Waals surface area contributed by atoms with Crippen molar-refractivity contribution in [3.05, 3.63) is 66.5 Å². The first-order valence-corrected chi connectivity index (χ1v) is 11.6. The highest BCUT2D eigenvalue weighted by molar-refractivity contribution is 6.45. The molecule has 13 nitrogen and oxygen atoms in total. The maximum Gasteiger partial charge on any atom is 0.295 e. The number of aromatic amines is 1. The normalized spacial score (nSPS) is 18.2.